The Bertz CT molecular complexity index is 540. The molecule has 1 atom stereocenters. The van der Waals surface area contributed by atoms with Crippen LogP contribution >= 0.6 is 0 Å². The van der Waals surface area contributed by atoms with Gasteiger partial charge in [-0.1, -0.05) is 51.8 Å². The first-order valence-electron chi connectivity index (χ1n) is 7.87. The Kier molecular flexibility index (Phi) is 5.18. The van der Waals surface area contributed by atoms with Crippen LogP contribution in [0.15, 0.2) is 24.3 Å². The molecule has 2 aromatic rings. The number of hydrogen-bond donors (Lipinski definition) is 1. The van der Waals surface area contributed by atoms with Crippen molar-refractivity contribution in [3.8, 4) is 0 Å². The van der Waals surface area contributed by atoms with E-state index in [1.54, 1.807) is 0 Å². The second-order valence-corrected chi connectivity index (χ2v) is 5.53. The average Bonchev–Trinajstić information content (AvgIpc) is 2.81. The number of hydrogen-bond acceptors (Lipinski definition) is 2. The lowest BCUT2D eigenvalue weighted by molar-refractivity contribution is 0.335. The first kappa shape index (κ1) is 15.0. The zero-order chi connectivity index (χ0) is 14.5. The fourth-order valence-electron chi connectivity index (χ4n) is 3.02. The summed E-state index contributed by atoms with van der Waals surface area (Å²) in [5.41, 5.74) is 2.43. The van der Waals surface area contributed by atoms with Crippen LogP contribution in [-0.4, -0.2) is 16.3 Å². The Morgan fingerprint density at radius 2 is 1.85 bits per heavy atom. The second kappa shape index (κ2) is 6.89. The molecule has 0 fully saturated rings. The average molecular weight is 273 g/mol. The number of aryl methyl sites for hydroxylation is 1. The summed E-state index contributed by atoms with van der Waals surface area (Å²) < 4.78 is 2.01. The van der Waals surface area contributed by atoms with Crippen LogP contribution in [-0.2, 0) is 7.05 Å². The molecule has 1 aromatic heterocycles. The quantitative estimate of drug-likeness (QED) is 0.824. The maximum absolute atomic E-state index is 4.81. The van der Waals surface area contributed by atoms with Crippen molar-refractivity contribution in [3.05, 3.63) is 30.0 Å². The van der Waals surface area contributed by atoms with Crippen LogP contribution in [0, 0.1) is 5.92 Å². The molecule has 3 nitrogen and oxygen atoms in total. The molecule has 20 heavy (non-hydrogen) atoms. The van der Waals surface area contributed by atoms with Crippen molar-refractivity contribution in [2.75, 3.05) is 6.54 Å². The number of nitrogens with zero attached hydrogens (tertiary/aromatic N) is 2. The van der Waals surface area contributed by atoms with E-state index in [1.165, 1.54) is 29.4 Å². The van der Waals surface area contributed by atoms with Crippen molar-refractivity contribution >= 4 is 10.9 Å². The van der Waals surface area contributed by atoms with E-state index in [2.05, 4.69) is 50.4 Å². The van der Waals surface area contributed by atoms with Crippen molar-refractivity contribution in [2.45, 2.75) is 46.1 Å². The highest BCUT2D eigenvalue weighted by molar-refractivity contribution is 5.82. The van der Waals surface area contributed by atoms with Crippen molar-refractivity contribution in [3.63, 3.8) is 0 Å². The van der Waals surface area contributed by atoms with Crippen molar-refractivity contribution in [2.24, 2.45) is 13.0 Å². The molecule has 1 N–H and O–H groups in total. The van der Waals surface area contributed by atoms with E-state index in [9.17, 15) is 0 Å². The van der Waals surface area contributed by atoms with Gasteiger partial charge in [-0.3, -0.25) is 4.68 Å². The fourth-order valence-corrected chi connectivity index (χ4v) is 3.02. The molecule has 1 aromatic carbocycles. The molecule has 110 valence electrons. The highest BCUT2D eigenvalue weighted by Crippen LogP contribution is 2.31. The van der Waals surface area contributed by atoms with Crippen LogP contribution in [0.25, 0.3) is 10.9 Å². The Labute approximate surface area is 122 Å². The molecule has 0 aliphatic rings. The molecule has 0 saturated heterocycles. The standard InChI is InChI=1S/C17H27N3/c1-5-12-18-16(13(6-2)7-3)17-14-10-8-9-11-15(14)20(4)19-17/h8-11,13,16,18H,5-7,12H2,1-4H3. The van der Waals surface area contributed by atoms with Crippen molar-refractivity contribution in [1.82, 2.24) is 15.1 Å². The first-order valence-corrected chi connectivity index (χ1v) is 7.87. The number of para-hydroxylation sites is 1. The van der Waals surface area contributed by atoms with E-state index in [1.807, 2.05) is 11.7 Å². The van der Waals surface area contributed by atoms with E-state index in [-0.39, 0.29) is 0 Å². The Morgan fingerprint density at radius 3 is 2.50 bits per heavy atom. The largest absolute Gasteiger partial charge is 0.308 e. The lowest BCUT2D eigenvalue weighted by Crippen LogP contribution is -2.29. The molecule has 0 amide bonds. The van der Waals surface area contributed by atoms with Gasteiger partial charge in [-0.25, -0.2) is 0 Å². The molecule has 2 rings (SSSR count). The zero-order valence-electron chi connectivity index (χ0n) is 13.2. The SMILES string of the molecule is CCCNC(c1nn(C)c2ccccc12)C(CC)CC. The number of fused-ring (bicyclic) bond motifs is 1. The minimum atomic E-state index is 0.357. The van der Waals surface area contributed by atoms with Gasteiger partial charge in [0, 0.05) is 12.4 Å². The molecule has 0 aliphatic heterocycles. The summed E-state index contributed by atoms with van der Waals surface area (Å²) in [5, 5.41) is 9.82. The predicted molar refractivity (Wildman–Crippen MR) is 85.8 cm³/mol. The molecule has 0 spiro atoms. The summed E-state index contributed by atoms with van der Waals surface area (Å²) in [6.45, 7) is 7.82. The highest BCUT2D eigenvalue weighted by atomic mass is 15.3. The third-order valence-corrected chi connectivity index (χ3v) is 4.22. The third-order valence-electron chi connectivity index (χ3n) is 4.22. The Balaban J connectivity index is 2.44. The second-order valence-electron chi connectivity index (χ2n) is 5.53. The van der Waals surface area contributed by atoms with Gasteiger partial charge in [0.15, 0.2) is 0 Å². The van der Waals surface area contributed by atoms with Crippen molar-refractivity contribution < 1.29 is 0 Å². The molecule has 0 bridgehead atoms. The van der Waals surface area contributed by atoms with Gasteiger partial charge in [-0.15, -0.1) is 0 Å². The monoisotopic (exact) mass is 273 g/mol. The van der Waals surface area contributed by atoms with Gasteiger partial charge >= 0.3 is 0 Å². The smallest absolute Gasteiger partial charge is 0.0875 e. The molecule has 1 heterocycles. The lowest BCUT2D eigenvalue weighted by Gasteiger charge is -2.25. The number of nitrogens with one attached hydrogen (secondary N) is 1. The lowest BCUT2D eigenvalue weighted by atomic mass is 9.90. The van der Waals surface area contributed by atoms with E-state index < -0.39 is 0 Å². The summed E-state index contributed by atoms with van der Waals surface area (Å²) in [6, 6.07) is 8.89. The minimum absolute atomic E-state index is 0.357. The highest BCUT2D eigenvalue weighted by Gasteiger charge is 2.24. The first-order chi connectivity index (χ1) is 9.72. The predicted octanol–water partition coefficient (Wildman–Crippen LogP) is 4.05. The number of aromatic nitrogens is 2. The zero-order valence-corrected chi connectivity index (χ0v) is 13.2. The van der Waals surface area contributed by atoms with Crippen LogP contribution in [0.1, 0.15) is 51.8 Å². The summed E-state index contributed by atoms with van der Waals surface area (Å²) >= 11 is 0. The van der Waals surface area contributed by atoms with Gasteiger partial charge in [0.05, 0.1) is 17.3 Å². The van der Waals surface area contributed by atoms with E-state index in [0.29, 0.717) is 12.0 Å². The molecule has 0 saturated carbocycles. The van der Waals surface area contributed by atoms with Crippen LogP contribution in [0.2, 0.25) is 0 Å². The van der Waals surface area contributed by atoms with Crippen molar-refractivity contribution in [1.29, 1.82) is 0 Å². The summed E-state index contributed by atoms with van der Waals surface area (Å²) in [4.78, 5) is 0. The normalized spacial score (nSPS) is 13.2. The van der Waals surface area contributed by atoms with Gasteiger partial charge in [-0.05, 0) is 24.9 Å². The van der Waals surface area contributed by atoms with Crippen LogP contribution < -0.4 is 5.32 Å². The van der Waals surface area contributed by atoms with Crippen LogP contribution in [0.3, 0.4) is 0 Å². The van der Waals surface area contributed by atoms with E-state index >= 15 is 0 Å². The topological polar surface area (TPSA) is 29.9 Å². The minimum Gasteiger partial charge on any atom is -0.308 e. The molecule has 1 unspecified atom stereocenters. The molecule has 0 aliphatic carbocycles. The fraction of sp³-hybridized carbons (Fsp3) is 0.588. The van der Waals surface area contributed by atoms with Crippen LogP contribution in [0.4, 0.5) is 0 Å². The number of rotatable bonds is 7. The summed E-state index contributed by atoms with van der Waals surface area (Å²) in [5.74, 6) is 0.639. The molecule has 3 heteroatoms. The Morgan fingerprint density at radius 1 is 1.15 bits per heavy atom. The summed E-state index contributed by atoms with van der Waals surface area (Å²) in [7, 11) is 2.04. The molecular formula is C17H27N3. The van der Waals surface area contributed by atoms with Crippen LogP contribution in [0.5, 0.6) is 0 Å². The number of benzene rings is 1. The maximum Gasteiger partial charge on any atom is 0.0875 e. The van der Waals surface area contributed by atoms with Gasteiger partial charge in [-0.2, -0.15) is 5.10 Å². The van der Waals surface area contributed by atoms with Gasteiger partial charge in [0.25, 0.3) is 0 Å². The molecular weight excluding hydrogens is 246 g/mol. The summed E-state index contributed by atoms with van der Waals surface area (Å²) in [6.07, 6.45) is 3.52. The Hall–Kier alpha value is -1.35. The van der Waals surface area contributed by atoms with E-state index in [4.69, 9.17) is 5.10 Å². The van der Waals surface area contributed by atoms with Gasteiger partial charge < -0.3 is 5.32 Å². The van der Waals surface area contributed by atoms with E-state index in [0.717, 1.165) is 13.0 Å². The molecule has 0 radical (unpaired) electrons. The third kappa shape index (κ3) is 2.88. The maximum atomic E-state index is 4.81. The van der Waals surface area contributed by atoms with Gasteiger partial charge in [0.2, 0.25) is 0 Å². The van der Waals surface area contributed by atoms with Gasteiger partial charge in [0.1, 0.15) is 0 Å².